The van der Waals surface area contributed by atoms with E-state index in [1.54, 1.807) is 0 Å². The third kappa shape index (κ3) is 11.6. The summed E-state index contributed by atoms with van der Waals surface area (Å²) in [6.07, 6.45) is 11.7. The number of primary amides is 1. The lowest BCUT2D eigenvalue weighted by molar-refractivity contribution is -0.125. The van der Waals surface area contributed by atoms with Crippen LogP contribution in [0.1, 0.15) is 84.3 Å². The number of allylic oxidation sites excluding steroid dienone is 1. The first-order chi connectivity index (χ1) is 18.2. The quantitative estimate of drug-likeness (QED) is 0.332. The average Bonchev–Trinajstić information content (AvgIpc) is 3.55. The summed E-state index contributed by atoms with van der Waals surface area (Å²) in [6.45, 7) is 22.2. The minimum atomic E-state index is -0.333. The maximum Gasteiger partial charge on any atom is 0.243 e. The van der Waals surface area contributed by atoms with E-state index >= 15 is 0 Å². The number of benzene rings is 1. The van der Waals surface area contributed by atoms with E-state index in [1.165, 1.54) is 29.9 Å². The van der Waals surface area contributed by atoms with Crippen molar-refractivity contribution >= 4 is 11.8 Å². The third-order valence-corrected chi connectivity index (χ3v) is 6.82. The lowest BCUT2D eigenvalue weighted by Crippen LogP contribution is -2.47. The van der Waals surface area contributed by atoms with E-state index in [2.05, 4.69) is 79.5 Å². The van der Waals surface area contributed by atoms with Gasteiger partial charge in [0.05, 0.1) is 0 Å². The van der Waals surface area contributed by atoms with Gasteiger partial charge in [-0.1, -0.05) is 84.0 Å². The second-order valence-electron chi connectivity index (χ2n) is 9.66. The van der Waals surface area contributed by atoms with Crippen molar-refractivity contribution in [2.45, 2.75) is 98.1 Å². The Bertz CT molecular complexity index is 838. The summed E-state index contributed by atoms with van der Waals surface area (Å²) in [7, 11) is 0. The Morgan fingerprint density at radius 2 is 1.61 bits per heavy atom. The second-order valence-corrected chi connectivity index (χ2v) is 9.66. The smallest absolute Gasteiger partial charge is 0.243 e. The van der Waals surface area contributed by atoms with E-state index in [0.717, 1.165) is 57.9 Å². The Balaban J connectivity index is 0.00000134. The number of rotatable bonds is 10. The van der Waals surface area contributed by atoms with Crippen molar-refractivity contribution in [1.82, 2.24) is 10.2 Å². The molecule has 6 nitrogen and oxygen atoms in total. The average molecular weight is 527 g/mol. The van der Waals surface area contributed by atoms with E-state index in [9.17, 15) is 9.59 Å². The number of hydrogen-bond acceptors (Lipinski definition) is 4. The highest BCUT2D eigenvalue weighted by Crippen LogP contribution is 2.39. The van der Waals surface area contributed by atoms with Gasteiger partial charge in [-0.15, -0.1) is 6.58 Å². The zero-order valence-corrected chi connectivity index (χ0v) is 24.7. The van der Waals surface area contributed by atoms with Crippen LogP contribution in [0.3, 0.4) is 0 Å². The third-order valence-electron chi connectivity index (χ3n) is 6.82. The molecule has 6 heteroatoms. The molecule has 2 aliphatic rings. The number of hydrogen-bond donors (Lipinski definition) is 3. The molecule has 0 bridgehead atoms. The van der Waals surface area contributed by atoms with Crippen LogP contribution in [-0.2, 0) is 22.4 Å². The lowest BCUT2D eigenvalue weighted by Gasteiger charge is -2.35. The molecule has 0 radical (unpaired) electrons. The maximum atomic E-state index is 13.0. The van der Waals surface area contributed by atoms with E-state index in [1.807, 2.05) is 19.9 Å². The molecule has 1 aromatic rings. The fourth-order valence-corrected chi connectivity index (χ4v) is 5.30. The van der Waals surface area contributed by atoms with Crippen molar-refractivity contribution in [3.05, 3.63) is 73.1 Å². The molecule has 3 atom stereocenters. The molecule has 3 unspecified atom stereocenters. The number of carbonyl (C=O) groups excluding carboxylic acids is 2. The molecule has 38 heavy (non-hydrogen) atoms. The molecule has 0 aromatic heterocycles. The fraction of sp³-hybridized carbons (Fsp3) is 0.562. The number of amides is 2. The summed E-state index contributed by atoms with van der Waals surface area (Å²) in [5, 5.41) is 3.21. The van der Waals surface area contributed by atoms with Gasteiger partial charge < -0.3 is 21.7 Å². The summed E-state index contributed by atoms with van der Waals surface area (Å²) >= 11 is 0. The Labute approximate surface area is 232 Å². The Kier molecular flexibility index (Phi) is 18.4. The van der Waals surface area contributed by atoms with Gasteiger partial charge in [0.2, 0.25) is 11.8 Å². The van der Waals surface area contributed by atoms with Gasteiger partial charge in [0.15, 0.2) is 0 Å². The number of nitrogens with zero attached hydrogens (tertiary/aromatic N) is 1. The van der Waals surface area contributed by atoms with E-state index in [4.69, 9.17) is 0 Å². The molecule has 5 N–H and O–H groups in total. The van der Waals surface area contributed by atoms with Gasteiger partial charge in [-0.05, 0) is 61.8 Å². The molecule has 3 rings (SSSR count). The summed E-state index contributed by atoms with van der Waals surface area (Å²) in [5.74, 6) is 0.865. The zero-order valence-electron chi connectivity index (χ0n) is 24.7. The normalized spacial score (nSPS) is 17.1. The zero-order chi connectivity index (χ0) is 29.1. The van der Waals surface area contributed by atoms with Gasteiger partial charge >= 0.3 is 0 Å². The molecule has 1 aliphatic carbocycles. The van der Waals surface area contributed by atoms with Crippen LogP contribution in [0.2, 0.25) is 0 Å². The number of nitrogens with two attached hydrogens (primary N) is 2. The Morgan fingerprint density at radius 3 is 2.05 bits per heavy atom. The van der Waals surface area contributed by atoms with Gasteiger partial charge in [0.1, 0.15) is 6.04 Å². The largest absolute Gasteiger partial charge is 0.405 e. The highest BCUT2D eigenvalue weighted by atomic mass is 16.2. The molecule has 2 amide bonds. The molecule has 214 valence electrons. The molecular weight excluding hydrogens is 472 g/mol. The number of nitrogens with one attached hydrogen (secondary N) is 1. The van der Waals surface area contributed by atoms with E-state index in [-0.39, 0.29) is 23.9 Å². The van der Waals surface area contributed by atoms with Crippen molar-refractivity contribution in [2.24, 2.45) is 23.3 Å². The number of fused-ring (bicyclic) bond motifs is 1. The minimum absolute atomic E-state index is 0.0685. The minimum Gasteiger partial charge on any atom is -0.405 e. The molecule has 1 aromatic carbocycles. The van der Waals surface area contributed by atoms with Gasteiger partial charge in [0, 0.05) is 31.1 Å². The highest BCUT2D eigenvalue weighted by molar-refractivity contribution is 5.82. The Hall–Kier alpha value is -3.02. The fourth-order valence-electron chi connectivity index (χ4n) is 5.30. The second kappa shape index (κ2) is 20.0. The predicted octanol–water partition coefficient (Wildman–Crippen LogP) is 5.87. The van der Waals surface area contributed by atoms with Crippen LogP contribution in [-0.4, -0.2) is 35.3 Å². The first kappa shape index (κ1) is 35.0. The van der Waals surface area contributed by atoms with Crippen LogP contribution in [0.5, 0.6) is 0 Å². The van der Waals surface area contributed by atoms with Crippen LogP contribution in [0.15, 0.2) is 62.0 Å². The molecule has 1 saturated heterocycles. The van der Waals surface area contributed by atoms with Crippen LogP contribution in [0.25, 0.3) is 0 Å². The number of likely N-dealkylation sites (tertiary alicyclic amines) is 1. The summed E-state index contributed by atoms with van der Waals surface area (Å²) in [6, 6.07) is 8.84. The van der Waals surface area contributed by atoms with Crippen molar-refractivity contribution < 1.29 is 9.59 Å². The van der Waals surface area contributed by atoms with Crippen molar-refractivity contribution in [1.29, 1.82) is 0 Å². The SMILES string of the molecule is C=CC(CCC)NC(=O)C1CCCN1C(=C)C(CCC)C1Cc2ccccc2C1.C=CN.CC.CC(N)=O. The van der Waals surface area contributed by atoms with Gasteiger partial charge in [-0.2, -0.15) is 0 Å². The monoisotopic (exact) mass is 526 g/mol. The summed E-state index contributed by atoms with van der Waals surface area (Å²) in [5.41, 5.74) is 13.3. The maximum absolute atomic E-state index is 13.0. The van der Waals surface area contributed by atoms with E-state index in [0.29, 0.717) is 11.8 Å². The first-order valence-corrected chi connectivity index (χ1v) is 14.3. The van der Waals surface area contributed by atoms with Crippen LogP contribution < -0.4 is 16.8 Å². The summed E-state index contributed by atoms with van der Waals surface area (Å²) < 4.78 is 0. The van der Waals surface area contributed by atoms with Crippen LogP contribution >= 0.6 is 0 Å². The first-order valence-electron chi connectivity index (χ1n) is 14.3. The van der Waals surface area contributed by atoms with Crippen molar-refractivity contribution in [3.8, 4) is 0 Å². The van der Waals surface area contributed by atoms with Crippen molar-refractivity contribution in [2.75, 3.05) is 6.54 Å². The molecule has 0 spiro atoms. The summed E-state index contributed by atoms with van der Waals surface area (Å²) in [4.78, 5) is 24.6. The predicted molar refractivity (Wildman–Crippen MR) is 162 cm³/mol. The molecule has 1 heterocycles. The van der Waals surface area contributed by atoms with Gasteiger partial charge in [0.25, 0.3) is 0 Å². The Morgan fingerprint density at radius 1 is 1.11 bits per heavy atom. The molecule has 1 fully saturated rings. The highest BCUT2D eigenvalue weighted by Gasteiger charge is 2.37. The van der Waals surface area contributed by atoms with Crippen molar-refractivity contribution in [3.63, 3.8) is 0 Å². The molecule has 0 saturated carbocycles. The van der Waals surface area contributed by atoms with E-state index < -0.39 is 0 Å². The topological polar surface area (TPSA) is 101 Å². The van der Waals surface area contributed by atoms with Crippen LogP contribution in [0, 0.1) is 11.8 Å². The molecular formula is C32H54N4O2. The number of carbonyl (C=O) groups is 2. The van der Waals surface area contributed by atoms with Gasteiger partial charge in [-0.3, -0.25) is 9.59 Å². The van der Waals surface area contributed by atoms with Crippen LogP contribution in [0.4, 0.5) is 0 Å². The van der Waals surface area contributed by atoms with Gasteiger partial charge in [-0.25, -0.2) is 0 Å². The standard InChI is InChI=1S/C26H38N2O.C2H5NO.C2H5N.C2H6/c1-5-11-23(7-3)27-26(29)25-15-10-16-28(25)19(4)24(12-6-2)22-17-20-13-8-9-14-21(20)18-22;1-2(3)4;1-2-3;1-2/h7-9,13-14,22-25H,3-6,10-12,15-18H2,1-2H3,(H,27,29);1H3,(H2,3,4);2H,1,3H2;1-2H3. The molecule has 1 aliphatic heterocycles. The lowest BCUT2D eigenvalue weighted by atomic mass is 9.83.